The van der Waals surface area contributed by atoms with Crippen molar-refractivity contribution in [3.63, 3.8) is 0 Å². The van der Waals surface area contributed by atoms with E-state index in [0.717, 1.165) is 25.7 Å². The molecule has 0 aromatic heterocycles. The minimum atomic E-state index is -2.00. The van der Waals surface area contributed by atoms with Crippen LogP contribution in [0.5, 0.6) is 0 Å². The van der Waals surface area contributed by atoms with E-state index in [9.17, 15) is 5.11 Å². The number of aliphatic hydroxyl groups excluding tert-OH is 1. The lowest BCUT2D eigenvalue weighted by atomic mass is 9.49. The molecule has 0 amide bonds. The number of hydrogen-bond donors (Lipinski definition) is 1. The van der Waals surface area contributed by atoms with Crippen LogP contribution < -0.4 is 0 Å². The van der Waals surface area contributed by atoms with E-state index >= 15 is 0 Å². The highest BCUT2D eigenvalue weighted by Gasteiger charge is 2.59. The van der Waals surface area contributed by atoms with Crippen LogP contribution in [0.15, 0.2) is 34.9 Å². The predicted molar refractivity (Wildman–Crippen MR) is 166 cm³/mol. The highest BCUT2D eigenvalue weighted by atomic mass is 28.4. The van der Waals surface area contributed by atoms with Crippen LogP contribution >= 0.6 is 0 Å². The molecule has 5 heteroatoms. The molecule has 0 aromatic carbocycles. The van der Waals surface area contributed by atoms with Crippen LogP contribution in [0.3, 0.4) is 0 Å². The van der Waals surface area contributed by atoms with Crippen molar-refractivity contribution < 1.29 is 14.0 Å². The van der Waals surface area contributed by atoms with Crippen LogP contribution in [0.25, 0.3) is 0 Å². The zero-order chi connectivity index (χ0) is 28.7. The second kappa shape index (κ2) is 9.54. The first kappa shape index (κ1) is 30.5. The third-order valence-corrected chi connectivity index (χ3v) is 21.2. The summed E-state index contributed by atoms with van der Waals surface area (Å²) in [5, 5.41) is 11.0. The van der Waals surface area contributed by atoms with Gasteiger partial charge in [-0.25, -0.2) is 0 Å². The van der Waals surface area contributed by atoms with Gasteiger partial charge in [-0.15, -0.1) is 0 Å². The molecule has 0 saturated heterocycles. The van der Waals surface area contributed by atoms with Crippen LogP contribution in [-0.4, -0.2) is 40.1 Å². The minimum Gasteiger partial charge on any atom is -0.414 e. The maximum atomic E-state index is 10.6. The molecule has 0 bridgehead atoms. The van der Waals surface area contributed by atoms with Crippen molar-refractivity contribution in [1.82, 2.24) is 0 Å². The van der Waals surface area contributed by atoms with Crippen molar-refractivity contribution in [2.75, 3.05) is 0 Å². The molecular formula is C33H58O3Si2. The molecule has 38 heavy (non-hydrogen) atoms. The molecule has 2 saturated carbocycles. The highest BCUT2D eigenvalue weighted by molar-refractivity contribution is 6.74. The zero-order valence-corrected chi connectivity index (χ0v) is 28.9. The number of allylic oxidation sites excluding steroid dienone is 4. The van der Waals surface area contributed by atoms with Gasteiger partial charge in [0.2, 0.25) is 0 Å². The summed E-state index contributed by atoms with van der Waals surface area (Å²) in [5.74, 6) is 1.00. The molecule has 216 valence electrons. The number of fused-ring (bicyclic) bond motifs is 5. The summed E-state index contributed by atoms with van der Waals surface area (Å²) in [5.41, 5.74) is 4.51. The largest absolute Gasteiger partial charge is 0.414 e. The van der Waals surface area contributed by atoms with E-state index in [4.69, 9.17) is 8.85 Å². The van der Waals surface area contributed by atoms with Gasteiger partial charge in [0.15, 0.2) is 16.6 Å². The van der Waals surface area contributed by atoms with Crippen molar-refractivity contribution in [3.8, 4) is 0 Å². The van der Waals surface area contributed by atoms with Gasteiger partial charge in [-0.2, -0.15) is 0 Å². The molecule has 0 aliphatic heterocycles. The maximum Gasteiger partial charge on any atom is 0.192 e. The number of aliphatic hydroxyl groups is 1. The minimum absolute atomic E-state index is 0.00179. The van der Waals surface area contributed by atoms with Crippen LogP contribution in [0, 0.1) is 22.7 Å². The molecule has 2 fully saturated rings. The Morgan fingerprint density at radius 3 is 2.05 bits per heavy atom. The van der Waals surface area contributed by atoms with E-state index in [0.29, 0.717) is 11.8 Å². The Morgan fingerprint density at radius 1 is 0.921 bits per heavy atom. The summed E-state index contributed by atoms with van der Waals surface area (Å²) >= 11 is 0. The Bertz CT molecular complexity index is 1020. The summed E-state index contributed by atoms with van der Waals surface area (Å²) in [4.78, 5) is 0. The topological polar surface area (TPSA) is 38.7 Å². The Balaban J connectivity index is 1.74. The maximum absolute atomic E-state index is 10.6. The molecule has 3 nitrogen and oxygen atoms in total. The molecule has 1 unspecified atom stereocenters. The summed E-state index contributed by atoms with van der Waals surface area (Å²) in [6.45, 7) is 30.7. The predicted octanol–water partition coefficient (Wildman–Crippen LogP) is 9.18. The van der Waals surface area contributed by atoms with Crippen molar-refractivity contribution >= 4 is 16.6 Å². The van der Waals surface area contributed by atoms with Gasteiger partial charge in [-0.3, -0.25) is 0 Å². The van der Waals surface area contributed by atoms with Gasteiger partial charge in [0.05, 0.1) is 18.3 Å². The van der Waals surface area contributed by atoms with E-state index < -0.39 is 16.6 Å². The SMILES string of the molecule is CC(O)C1=CC[C@H]2C3=CC=C4C[C@@H](O[Si](C)(C)C(C)(C)C)C[C@H](O[Si](C)(C)C(C)(C)C)[C@]4(C)[C@H]3CC[C@]12C. The zero-order valence-electron chi connectivity index (χ0n) is 26.9. The van der Waals surface area contributed by atoms with Crippen LogP contribution in [0.1, 0.15) is 94.4 Å². The van der Waals surface area contributed by atoms with Crippen molar-refractivity contribution in [3.05, 3.63) is 34.9 Å². The molecule has 7 atom stereocenters. The van der Waals surface area contributed by atoms with E-state index in [1.807, 2.05) is 6.92 Å². The molecule has 4 aliphatic carbocycles. The lowest BCUT2D eigenvalue weighted by Crippen LogP contribution is -2.58. The van der Waals surface area contributed by atoms with E-state index in [2.05, 4.69) is 99.8 Å². The molecule has 0 radical (unpaired) electrons. The standard InChI is InChI=1S/C33H58O3Si2/c1-22(34)26-16-17-27-25-15-14-23-20-24(35-37(10,11)30(2,3)4)21-29(36-38(12,13)31(5,6)7)33(23,9)28(25)18-19-32(26,27)8/h14-16,22,24,27-29,34H,17-21H2,1-13H3/t22?,24-,27+,28+,29+,32-,33+/m1/s1. The van der Waals surface area contributed by atoms with Crippen molar-refractivity contribution in [2.24, 2.45) is 22.7 Å². The first-order chi connectivity index (χ1) is 17.1. The second-order valence-corrected chi connectivity index (χ2v) is 26.1. The summed E-state index contributed by atoms with van der Waals surface area (Å²) < 4.78 is 14.6. The van der Waals surface area contributed by atoms with Gasteiger partial charge < -0.3 is 14.0 Å². The van der Waals surface area contributed by atoms with Gasteiger partial charge in [0.25, 0.3) is 0 Å². The fourth-order valence-corrected chi connectivity index (χ4v) is 10.4. The normalized spacial score (nSPS) is 36.9. The fourth-order valence-electron chi connectivity index (χ4n) is 7.66. The van der Waals surface area contributed by atoms with Crippen molar-refractivity contribution in [1.29, 1.82) is 0 Å². The third kappa shape index (κ3) is 4.84. The first-order valence-corrected chi connectivity index (χ1v) is 21.1. The molecule has 1 N–H and O–H groups in total. The highest BCUT2D eigenvalue weighted by Crippen LogP contribution is 2.65. The quantitative estimate of drug-likeness (QED) is 0.270. The number of hydrogen-bond acceptors (Lipinski definition) is 3. The summed E-state index contributed by atoms with van der Waals surface area (Å²) in [6, 6.07) is 0. The lowest BCUT2D eigenvalue weighted by Gasteiger charge is -2.59. The monoisotopic (exact) mass is 558 g/mol. The van der Waals surface area contributed by atoms with Gasteiger partial charge >= 0.3 is 0 Å². The summed E-state index contributed by atoms with van der Waals surface area (Å²) in [6.07, 6.45) is 12.8. The van der Waals surface area contributed by atoms with Gasteiger partial charge in [-0.05, 0) is 98.1 Å². The van der Waals surface area contributed by atoms with E-state index in [1.165, 1.54) is 12.0 Å². The molecule has 4 aliphatic rings. The smallest absolute Gasteiger partial charge is 0.192 e. The third-order valence-electron chi connectivity index (χ3n) is 12.2. The van der Waals surface area contributed by atoms with E-state index in [-0.39, 0.29) is 39.2 Å². The molecule has 0 heterocycles. The summed E-state index contributed by atoms with van der Waals surface area (Å²) in [7, 11) is -3.89. The van der Waals surface area contributed by atoms with Crippen LogP contribution in [0.4, 0.5) is 0 Å². The molecule has 0 spiro atoms. The molecule has 0 aromatic rings. The Labute approximate surface area is 236 Å². The average molecular weight is 559 g/mol. The molecule has 4 rings (SSSR count). The van der Waals surface area contributed by atoms with Gasteiger partial charge in [0, 0.05) is 5.41 Å². The van der Waals surface area contributed by atoms with Crippen molar-refractivity contribution in [2.45, 2.75) is 149 Å². The average Bonchev–Trinajstić information content (AvgIpc) is 3.10. The lowest BCUT2D eigenvalue weighted by molar-refractivity contribution is -0.0394. The van der Waals surface area contributed by atoms with Crippen LogP contribution in [-0.2, 0) is 8.85 Å². The first-order valence-electron chi connectivity index (χ1n) is 15.3. The Kier molecular flexibility index (Phi) is 7.66. The van der Waals surface area contributed by atoms with Gasteiger partial charge in [-0.1, -0.05) is 84.8 Å². The fraction of sp³-hybridized carbons (Fsp3) is 0.818. The van der Waals surface area contributed by atoms with Gasteiger partial charge in [0.1, 0.15) is 0 Å². The van der Waals surface area contributed by atoms with E-state index in [1.54, 1.807) is 11.1 Å². The number of rotatable bonds is 5. The van der Waals surface area contributed by atoms with Crippen LogP contribution in [0.2, 0.25) is 36.3 Å². The Morgan fingerprint density at radius 2 is 1.50 bits per heavy atom. The Hall–Kier alpha value is -0.466. The second-order valence-electron chi connectivity index (χ2n) is 16.6. The molecular weight excluding hydrogens is 501 g/mol.